The molecule has 1 aliphatic rings. The number of thioether (sulfide) groups is 1. The molecule has 0 aliphatic carbocycles. The summed E-state index contributed by atoms with van der Waals surface area (Å²) in [4.78, 5) is 0. The highest BCUT2D eigenvalue weighted by Crippen LogP contribution is 2.22. The van der Waals surface area contributed by atoms with Crippen molar-refractivity contribution < 1.29 is 4.74 Å². The van der Waals surface area contributed by atoms with Gasteiger partial charge in [-0.15, -0.1) is 0 Å². The lowest BCUT2D eigenvalue weighted by molar-refractivity contribution is 0.162. The summed E-state index contributed by atoms with van der Waals surface area (Å²) in [6.07, 6.45) is 1.36. The third kappa shape index (κ3) is 1.67. The average molecular weight is 132 g/mol. The van der Waals surface area contributed by atoms with Crippen molar-refractivity contribution >= 4 is 11.8 Å². The molecule has 0 N–H and O–H groups in total. The van der Waals surface area contributed by atoms with E-state index >= 15 is 0 Å². The van der Waals surface area contributed by atoms with Gasteiger partial charge in [-0.3, -0.25) is 0 Å². The van der Waals surface area contributed by atoms with Gasteiger partial charge in [-0.25, -0.2) is 0 Å². The molecule has 1 fully saturated rings. The normalized spacial score (nSPS) is 28.9. The van der Waals surface area contributed by atoms with Gasteiger partial charge in [0, 0.05) is 13.7 Å². The van der Waals surface area contributed by atoms with E-state index in [0.29, 0.717) is 0 Å². The molecule has 1 heterocycles. The van der Waals surface area contributed by atoms with Crippen LogP contribution < -0.4 is 0 Å². The second kappa shape index (κ2) is 3.36. The van der Waals surface area contributed by atoms with E-state index in [1.165, 1.54) is 17.9 Å². The Kier molecular flexibility index (Phi) is 2.70. The van der Waals surface area contributed by atoms with Crippen LogP contribution in [0.2, 0.25) is 0 Å². The Bertz CT molecular complexity index is 59.5. The third-order valence-corrected chi connectivity index (χ3v) is 2.66. The molecule has 0 aromatic carbocycles. The van der Waals surface area contributed by atoms with Crippen LogP contribution in [0.4, 0.5) is 0 Å². The average Bonchev–Trinajstić information content (AvgIpc) is 2.19. The van der Waals surface area contributed by atoms with Gasteiger partial charge < -0.3 is 4.74 Å². The second-order valence-corrected chi connectivity index (χ2v) is 3.33. The quantitative estimate of drug-likeness (QED) is 0.561. The van der Waals surface area contributed by atoms with Gasteiger partial charge in [0.2, 0.25) is 0 Å². The first-order valence-electron chi connectivity index (χ1n) is 3.00. The fraction of sp³-hybridized carbons (Fsp3) is 1.00. The molecule has 1 unspecified atom stereocenters. The number of rotatable bonds is 2. The van der Waals surface area contributed by atoms with Crippen LogP contribution in [-0.2, 0) is 4.74 Å². The van der Waals surface area contributed by atoms with E-state index in [1.807, 2.05) is 11.8 Å². The summed E-state index contributed by atoms with van der Waals surface area (Å²) in [5, 5.41) is 0. The zero-order chi connectivity index (χ0) is 5.82. The maximum atomic E-state index is 5.01. The van der Waals surface area contributed by atoms with Crippen molar-refractivity contribution in [3.8, 4) is 0 Å². The summed E-state index contributed by atoms with van der Waals surface area (Å²) in [6.45, 7) is 0.965. The minimum atomic E-state index is 0.852. The number of hydrogen-bond donors (Lipinski definition) is 0. The van der Waals surface area contributed by atoms with Crippen LogP contribution in [0, 0.1) is 5.92 Å². The van der Waals surface area contributed by atoms with Gasteiger partial charge in [0.15, 0.2) is 0 Å². The van der Waals surface area contributed by atoms with Crippen LogP contribution in [0.5, 0.6) is 0 Å². The first-order chi connectivity index (χ1) is 3.93. The first kappa shape index (κ1) is 6.43. The molecule has 1 atom stereocenters. The SMILES string of the molecule is COCC1CCSC1. The van der Waals surface area contributed by atoms with Crippen molar-refractivity contribution in [1.82, 2.24) is 0 Å². The lowest BCUT2D eigenvalue weighted by Crippen LogP contribution is -2.05. The Morgan fingerprint density at radius 2 is 2.62 bits per heavy atom. The van der Waals surface area contributed by atoms with Crippen LogP contribution in [0.25, 0.3) is 0 Å². The van der Waals surface area contributed by atoms with Crippen LogP contribution in [-0.4, -0.2) is 25.2 Å². The maximum absolute atomic E-state index is 5.01. The van der Waals surface area contributed by atoms with Crippen LogP contribution in [0.3, 0.4) is 0 Å². The zero-order valence-corrected chi connectivity index (χ0v) is 6.04. The van der Waals surface area contributed by atoms with E-state index in [1.54, 1.807) is 7.11 Å². The minimum Gasteiger partial charge on any atom is -0.384 e. The van der Waals surface area contributed by atoms with Crippen LogP contribution in [0.15, 0.2) is 0 Å². The molecule has 1 saturated heterocycles. The predicted octanol–water partition coefficient (Wildman–Crippen LogP) is 1.39. The molecule has 0 aromatic heterocycles. The molecule has 1 aliphatic heterocycles. The lowest BCUT2D eigenvalue weighted by Gasteiger charge is -2.03. The largest absolute Gasteiger partial charge is 0.384 e. The third-order valence-electron chi connectivity index (χ3n) is 1.43. The highest BCUT2D eigenvalue weighted by atomic mass is 32.2. The fourth-order valence-electron chi connectivity index (χ4n) is 0.950. The summed E-state index contributed by atoms with van der Waals surface area (Å²) in [6, 6.07) is 0. The smallest absolute Gasteiger partial charge is 0.0498 e. The van der Waals surface area contributed by atoms with Crippen molar-refractivity contribution in [2.45, 2.75) is 6.42 Å². The van der Waals surface area contributed by atoms with E-state index in [9.17, 15) is 0 Å². The van der Waals surface area contributed by atoms with E-state index in [4.69, 9.17) is 4.74 Å². The van der Waals surface area contributed by atoms with E-state index in [2.05, 4.69) is 0 Å². The summed E-state index contributed by atoms with van der Waals surface area (Å²) < 4.78 is 5.01. The van der Waals surface area contributed by atoms with E-state index < -0.39 is 0 Å². The fourth-order valence-corrected chi connectivity index (χ4v) is 2.21. The van der Waals surface area contributed by atoms with Gasteiger partial charge in [0.05, 0.1) is 0 Å². The Morgan fingerprint density at radius 3 is 3.12 bits per heavy atom. The molecule has 1 rings (SSSR count). The maximum Gasteiger partial charge on any atom is 0.0498 e. The van der Waals surface area contributed by atoms with Gasteiger partial charge >= 0.3 is 0 Å². The number of methoxy groups -OCH3 is 1. The van der Waals surface area contributed by atoms with Gasteiger partial charge in [-0.05, 0) is 23.8 Å². The highest BCUT2D eigenvalue weighted by molar-refractivity contribution is 7.99. The molecular formula is C6H12OS. The van der Waals surface area contributed by atoms with Gasteiger partial charge in [0.1, 0.15) is 0 Å². The molecule has 0 spiro atoms. The summed E-state index contributed by atoms with van der Waals surface area (Å²) in [7, 11) is 1.78. The zero-order valence-electron chi connectivity index (χ0n) is 5.22. The van der Waals surface area contributed by atoms with Crippen molar-refractivity contribution in [2.24, 2.45) is 5.92 Å². The molecule has 2 heteroatoms. The summed E-state index contributed by atoms with van der Waals surface area (Å²) >= 11 is 2.04. The first-order valence-corrected chi connectivity index (χ1v) is 4.15. The van der Waals surface area contributed by atoms with Gasteiger partial charge in [0.25, 0.3) is 0 Å². The summed E-state index contributed by atoms with van der Waals surface area (Å²) in [5.41, 5.74) is 0. The molecule has 0 aromatic rings. The van der Waals surface area contributed by atoms with Crippen LogP contribution in [0.1, 0.15) is 6.42 Å². The Labute approximate surface area is 54.8 Å². The molecule has 0 amide bonds. The molecule has 1 nitrogen and oxygen atoms in total. The lowest BCUT2D eigenvalue weighted by atomic mass is 10.1. The predicted molar refractivity (Wildman–Crippen MR) is 37.3 cm³/mol. The topological polar surface area (TPSA) is 9.23 Å². The van der Waals surface area contributed by atoms with Gasteiger partial charge in [-0.1, -0.05) is 0 Å². The Morgan fingerprint density at radius 1 is 1.75 bits per heavy atom. The van der Waals surface area contributed by atoms with Crippen molar-refractivity contribution in [2.75, 3.05) is 25.2 Å². The number of hydrogen-bond acceptors (Lipinski definition) is 2. The Balaban J connectivity index is 2.06. The minimum absolute atomic E-state index is 0.852. The Hall–Kier alpha value is 0.310. The van der Waals surface area contributed by atoms with E-state index in [-0.39, 0.29) is 0 Å². The van der Waals surface area contributed by atoms with Gasteiger partial charge in [-0.2, -0.15) is 11.8 Å². The molecule has 48 valence electrons. The molecule has 8 heavy (non-hydrogen) atoms. The molecule has 0 saturated carbocycles. The van der Waals surface area contributed by atoms with E-state index in [0.717, 1.165) is 12.5 Å². The summed E-state index contributed by atoms with van der Waals surface area (Å²) in [5.74, 6) is 3.51. The molecule has 0 radical (unpaired) electrons. The molecule has 0 bridgehead atoms. The van der Waals surface area contributed by atoms with Crippen molar-refractivity contribution in [3.05, 3.63) is 0 Å². The monoisotopic (exact) mass is 132 g/mol. The van der Waals surface area contributed by atoms with Crippen molar-refractivity contribution in [1.29, 1.82) is 0 Å². The number of ether oxygens (including phenoxy) is 1. The molecular weight excluding hydrogens is 120 g/mol. The van der Waals surface area contributed by atoms with Crippen molar-refractivity contribution in [3.63, 3.8) is 0 Å². The highest BCUT2D eigenvalue weighted by Gasteiger charge is 2.13. The second-order valence-electron chi connectivity index (χ2n) is 2.18. The standard InChI is InChI=1S/C6H12OS/c1-7-4-6-2-3-8-5-6/h6H,2-5H2,1H3. The van der Waals surface area contributed by atoms with Crippen LogP contribution >= 0.6 is 11.8 Å².